The summed E-state index contributed by atoms with van der Waals surface area (Å²) in [6, 6.07) is 0. The van der Waals surface area contributed by atoms with Gasteiger partial charge in [-0.1, -0.05) is 25.2 Å². The Morgan fingerprint density at radius 1 is 1.35 bits per heavy atom. The van der Waals surface area contributed by atoms with E-state index in [0.29, 0.717) is 18.4 Å². The number of carbonyl (C=O) groups excluding carboxylic acids is 1. The Labute approximate surface area is 140 Å². The molecule has 0 aromatic carbocycles. The summed E-state index contributed by atoms with van der Waals surface area (Å²) in [6.07, 6.45) is 0. The molecule has 114 valence electrons. The summed E-state index contributed by atoms with van der Waals surface area (Å²) < 4.78 is 0. The van der Waals surface area contributed by atoms with Gasteiger partial charge in [0, 0.05) is 20.0 Å². The van der Waals surface area contributed by atoms with Crippen LogP contribution in [0.2, 0.25) is 0 Å². The lowest BCUT2D eigenvalue weighted by Crippen LogP contribution is -2.42. The average Bonchev–Trinajstić information content (AvgIpc) is 2.87. The van der Waals surface area contributed by atoms with E-state index in [-0.39, 0.29) is 36.4 Å². The molecule has 0 atom stereocenters. The Morgan fingerprint density at radius 3 is 2.55 bits per heavy atom. The molecule has 0 aliphatic rings. The van der Waals surface area contributed by atoms with Crippen LogP contribution >= 0.6 is 35.3 Å². The molecule has 9 heteroatoms. The molecule has 1 aromatic rings. The number of carbonyl (C=O) groups is 1. The first-order valence-electron chi connectivity index (χ1n) is 6.04. The zero-order valence-electron chi connectivity index (χ0n) is 12.1. The maximum absolute atomic E-state index is 11.1. The second kappa shape index (κ2) is 9.86. The van der Waals surface area contributed by atoms with Gasteiger partial charge in [0.1, 0.15) is 10.0 Å². The molecule has 7 nitrogen and oxygen atoms in total. The van der Waals surface area contributed by atoms with Crippen LogP contribution in [0.25, 0.3) is 0 Å². The first kappa shape index (κ1) is 19.0. The smallest absolute Gasteiger partial charge is 0.239 e. The quantitative estimate of drug-likeness (QED) is 0.376. The third-order valence-corrected chi connectivity index (χ3v) is 3.53. The van der Waals surface area contributed by atoms with Gasteiger partial charge in [-0.3, -0.25) is 9.79 Å². The van der Waals surface area contributed by atoms with E-state index in [9.17, 15) is 4.79 Å². The average molecular weight is 412 g/mol. The molecule has 0 unspecified atom stereocenters. The van der Waals surface area contributed by atoms with Gasteiger partial charge in [0.15, 0.2) is 5.96 Å². The molecule has 0 saturated carbocycles. The lowest BCUT2D eigenvalue weighted by molar-refractivity contribution is -0.119. The number of aliphatic imine (C=N–C) groups is 1. The van der Waals surface area contributed by atoms with Gasteiger partial charge < -0.3 is 16.0 Å². The molecule has 1 heterocycles. The Hall–Kier alpha value is -0.970. The van der Waals surface area contributed by atoms with Crippen molar-refractivity contribution in [3.63, 3.8) is 0 Å². The van der Waals surface area contributed by atoms with Crippen molar-refractivity contribution in [2.24, 2.45) is 4.99 Å². The highest BCUT2D eigenvalue weighted by Gasteiger charge is 2.08. The standard InChI is InChI=1S/C11H20N6OS.HI/c1-7(2)10-17-16-9(19-10)6-15-11(13-4)14-5-8(18)12-3;/h7H,5-6H2,1-4H3,(H,12,18)(H2,13,14,15);1H. The molecule has 0 saturated heterocycles. The fourth-order valence-corrected chi connectivity index (χ4v) is 1.99. The van der Waals surface area contributed by atoms with Gasteiger partial charge in [0.25, 0.3) is 0 Å². The Morgan fingerprint density at radius 2 is 2.05 bits per heavy atom. The first-order valence-corrected chi connectivity index (χ1v) is 6.85. The number of halogens is 1. The monoisotopic (exact) mass is 412 g/mol. The summed E-state index contributed by atoms with van der Waals surface area (Å²) in [5, 5.41) is 18.6. The molecular weight excluding hydrogens is 391 g/mol. The third kappa shape index (κ3) is 6.46. The van der Waals surface area contributed by atoms with Crippen LogP contribution in [-0.2, 0) is 11.3 Å². The van der Waals surface area contributed by atoms with E-state index in [1.165, 1.54) is 0 Å². The van der Waals surface area contributed by atoms with Gasteiger partial charge in [0.2, 0.25) is 5.91 Å². The van der Waals surface area contributed by atoms with Crippen molar-refractivity contribution in [1.29, 1.82) is 0 Å². The van der Waals surface area contributed by atoms with Crippen LogP contribution in [0.3, 0.4) is 0 Å². The van der Waals surface area contributed by atoms with Crippen molar-refractivity contribution in [3.8, 4) is 0 Å². The number of nitrogens with one attached hydrogen (secondary N) is 3. The topological polar surface area (TPSA) is 91.3 Å². The van der Waals surface area contributed by atoms with Crippen LogP contribution in [0.5, 0.6) is 0 Å². The molecule has 0 fully saturated rings. The lowest BCUT2D eigenvalue weighted by Gasteiger charge is -2.09. The summed E-state index contributed by atoms with van der Waals surface area (Å²) in [5.41, 5.74) is 0. The Balaban J connectivity index is 0.00000361. The van der Waals surface area contributed by atoms with Crippen LogP contribution in [0.1, 0.15) is 29.8 Å². The van der Waals surface area contributed by atoms with Gasteiger partial charge in [-0.25, -0.2) is 0 Å². The van der Waals surface area contributed by atoms with E-state index in [1.807, 2.05) is 0 Å². The fraction of sp³-hybridized carbons (Fsp3) is 0.636. The number of guanidine groups is 1. The number of aromatic nitrogens is 2. The Kier molecular flexibility index (Phi) is 9.38. The summed E-state index contributed by atoms with van der Waals surface area (Å²) in [5.74, 6) is 0.850. The molecule has 0 radical (unpaired) electrons. The summed E-state index contributed by atoms with van der Waals surface area (Å²) in [7, 11) is 3.24. The largest absolute Gasteiger partial charge is 0.358 e. The predicted molar refractivity (Wildman–Crippen MR) is 91.7 cm³/mol. The number of nitrogens with zero attached hydrogens (tertiary/aromatic N) is 3. The van der Waals surface area contributed by atoms with E-state index in [1.54, 1.807) is 25.4 Å². The Bertz CT molecular complexity index is 448. The van der Waals surface area contributed by atoms with Crippen molar-refractivity contribution in [3.05, 3.63) is 10.0 Å². The van der Waals surface area contributed by atoms with E-state index in [0.717, 1.165) is 10.0 Å². The molecule has 20 heavy (non-hydrogen) atoms. The molecule has 3 N–H and O–H groups in total. The minimum absolute atomic E-state index is 0. The predicted octanol–water partition coefficient (Wildman–Crippen LogP) is 0.690. The van der Waals surface area contributed by atoms with Gasteiger partial charge in [-0.2, -0.15) is 0 Å². The molecule has 1 rings (SSSR count). The van der Waals surface area contributed by atoms with Crippen LogP contribution in [0.15, 0.2) is 4.99 Å². The molecule has 0 bridgehead atoms. The second-order valence-corrected chi connectivity index (χ2v) is 5.23. The fourth-order valence-electron chi connectivity index (χ4n) is 1.20. The van der Waals surface area contributed by atoms with Crippen molar-refractivity contribution < 1.29 is 4.79 Å². The number of hydrogen-bond acceptors (Lipinski definition) is 5. The van der Waals surface area contributed by atoms with E-state index in [2.05, 4.69) is 45.0 Å². The van der Waals surface area contributed by atoms with Crippen molar-refractivity contribution in [1.82, 2.24) is 26.1 Å². The summed E-state index contributed by atoms with van der Waals surface area (Å²) in [6.45, 7) is 4.89. The minimum atomic E-state index is -0.0963. The number of hydrogen-bond donors (Lipinski definition) is 3. The molecule has 1 aromatic heterocycles. The lowest BCUT2D eigenvalue weighted by atomic mass is 10.2. The third-order valence-electron chi connectivity index (χ3n) is 2.30. The maximum atomic E-state index is 11.1. The molecule has 1 amide bonds. The molecular formula is C11H21IN6OS. The van der Waals surface area contributed by atoms with Crippen LogP contribution < -0.4 is 16.0 Å². The number of amides is 1. The number of likely N-dealkylation sites (N-methyl/N-ethyl adjacent to an activating group) is 1. The van der Waals surface area contributed by atoms with Gasteiger partial charge >= 0.3 is 0 Å². The summed E-state index contributed by atoms with van der Waals surface area (Å²) >= 11 is 1.58. The van der Waals surface area contributed by atoms with Crippen molar-refractivity contribution in [2.75, 3.05) is 20.6 Å². The van der Waals surface area contributed by atoms with E-state index in [4.69, 9.17) is 0 Å². The highest BCUT2D eigenvalue weighted by Crippen LogP contribution is 2.18. The van der Waals surface area contributed by atoms with Crippen LogP contribution in [0.4, 0.5) is 0 Å². The van der Waals surface area contributed by atoms with Crippen LogP contribution in [0, 0.1) is 0 Å². The van der Waals surface area contributed by atoms with Crippen molar-refractivity contribution in [2.45, 2.75) is 26.3 Å². The van der Waals surface area contributed by atoms with Gasteiger partial charge in [-0.05, 0) is 0 Å². The summed E-state index contributed by atoms with van der Waals surface area (Å²) in [4.78, 5) is 15.1. The first-order chi connectivity index (χ1) is 9.06. The molecule has 0 aliphatic carbocycles. The normalized spacial score (nSPS) is 10.9. The van der Waals surface area contributed by atoms with Crippen LogP contribution in [-0.4, -0.2) is 42.7 Å². The number of rotatable bonds is 5. The maximum Gasteiger partial charge on any atom is 0.239 e. The zero-order chi connectivity index (χ0) is 14.3. The highest BCUT2D eigenvalue weighted by atomic mass is 127. The van der Waals surface area contributed by atoms with Crippen molar-refractivity contribution >= 4 is 47.2 Å². The second-order valence-electron chi connectivity index (χ2n) is 4.14. The molecule has 0 aliphatic heterocycles. The van der Waals surface area contributed by atoms with Gasteiger partial charge in [0.05, 0.1) is 13.1 Å². The SMILES string of the molecule is CN=C(NCC(=O)NC)NCc1nnc(C(C)C)s1.I. The van der Waals surface area contributed by atoms with E-state index >= 15 is 0 Å². The minimum Gasteiger partial charge on any atom is -0.358 e. The highest BCUT2D eigenvalue weighted by molar-refractivity contribution is 14.0. The van der Waals surface area contributed by atoms with E-state index < -0.39 is 0 Å². The zero-order valence-corrected chi connectivity index (χ0v) is 15.2. The molecule has 0 spiro atoms. The van der Waals surface area contributed by atoms with Gasteiger partial charge in [-0.15, -0.1) is 34.2 Å².